The van der Waals surface area contributed by atoms with E-state index in [0.717, 1.165) is 17.7 Å². The fraction of sp³-hybridized carbons (Fsp3) is 0.455. The van der Waals surface area contributed by atoms with Gasteiger partial charge in [-0.3, -0.25) is 0 Å². The third kappa shape index (κ3) is 3.51. The summed E-state index contributed by atoms with van der Waals surface area (Å²) in [6.45, 7) is 5.41. The van der Waals surface area contributed by atoms with Crippen LogP contribution in [0, 0.1) is 6.92 Å². The average Bonchev–Trinajstić information content (AvgIpc) is 2.30. The van der Waals surface area contributed by atoms with Gasteiger partial charge in [0.05, 0.1) is 4.90 Å². The number of halogens is 1. The van der Waals surface area contributed by atoms with Gasteiger partial charge in [0.2, 0.25) is 10.0 Å². The summed E-state index contributed by atoms with van der Waals surface area (Å²) in [5, 5.41) is 3.18. The number of nitrogens with one attached hydrogen (secondary N) is 2. The minimum Gasteiger partial charge on any atom is -0.313 e. The van der Waals surface area contributed by atoms with Crippen molar-refractivity contribution < 1.29 is 8.42 Å². The number of aryl methyl sites for hydroxylation is 1. The van der Waals surface area contributed by atoms with Gasteiger partial charge in [-0.1, -0.05) is 13.0 Å². The molecule has 1 rings (SSSR count). The molecule has 0 aromatic heterocycles. The van der Waals surface area contributed by atoms with Crippen LogP contribution in [0.3, 0.4) is 0 Å². The van der Waals surface area contributed by atoms with E-state index in [-0.39, 0.29) is 4.90 Å². The van der Waals surface area contributed by atoms with Crippen LogP contribution in [0.25, 0.3) is 0 Å². The van der Waals surface area contributed by atoms with Gasteiger partial charge in [-0.2, -0.15) is 0 Å². The van der Waals surface area contributed by atoms with Crippen LogP contribution in [-0.4, -0.2) is 22.0 Å². The van der Waals surface area contributed by atoms with Crippen molar-refractivity contribution in [3.8, 4) is 0 Å². The molecule has 1 aromatic rings. The first-order valence-electron chi connectivity index (χ1n) is 5.35. The molecule has 0 fully saturated rings. The van der Waals surface area contributed by atoms with E-state index in [9.17, 15) is 8.42 Å². The number of rotatable bonds is 5. The summed E-state index contributed by atoms with van der Waals surface area (Å²) in [6, 6.07) is 3.66. The van der Waals surface area contributed by atoms with Gasteiger partial charge in [0, 0.05) is 11.0 Å². The number of hydrogen-bond acceptors (Lipinski definition) is 3. The molecule has 96 valence electrons. The van der Waals surface area contributed by atoms with E-state index in [0.29, 0.717) is 11.0 Å². The Balaban J connectivity index is 3.25. The van der Waals surface area contributed by atoms with Crippen molar-refractivity contribution in [3.05, 3.63) is 27.7 Å². The molecule has 2 N–H and O–H groups in total. The van der Waals surface area contributed by atoms with Gasteiger partial charge in [-0.15, -0.1) is 0 Å². The fourth-order valence-electron chi connectivity index (χ4n) is 1.49. The maximum Gasteiger partial charge on any atom is 0.241 e. The van der Waals surface area contributed by atoms with Crippen LogP contribution in [-0.2, 0) is 16.6 Å². The Kier molecular flexibility index (Phi) is 5.12. The minimum atomic E-state index is -3.42. The Morgan fingerprint density at radius 2 is 2.00 bits per heavy atom. The lowest BCUT2D eigenvalue weighted by Crippen LogP contribution is -2.20. The zero-order valence-electron chi connectivity index (χ0n) is 10.2. The maximum atomic E-state index is 11.8. The smallest absolute Gasteiger partial charge is 0.241 e. The van der Waals surface area contributed by atoms with Crippen LogP contribution < -0.4 is 10.0 Å². The zero-order valence-corrected chi connectivity index (χ0v) is 12.6. The van der Waals surface area contributed by atoms with Crippen molar-refractivity contribution in [3.63, 3.8) is 0 Å². The fourth-order valence-corrected chi connectivity index (χ4v) is 3.28. The standard InChI is InChI=1S/C11H17BrN2O2S/c1-4-14-7-9-5-8(2)11(12)10(6-9)17(15,16)13-3/h5-6,13-14H,4,7H2,1-3H3. The molecule has 0 spiro atoms. The molecule has 0 amide bonds. The molecule has 0 aliphatic rings. The van der Waals surface area contributed by atoms with Gasteiger partial charge >= 0.3 is 0 Å². The molecule has 0 radical (unpaired) electrons. The van der Waals surface area contributed by atoms with Crippen LogP contribution >= 0.6 is 15.9 Å². The summed E-state index contributed by atoms with van der Waals surface area (Å²) in [7, 11) is -2.01. The van der Waals surface area contributed by atoms with Gasteiger partial charge < -0.3 is 5.32 Å². The molecule has 6 heteroatoms. The summed E-state index contributed by atoms with van der Waals surface area (Å²) < 4.78 is 26.6. The zero-order chi connectivity index (χ0) is 13.1. The maximum absolute atomic E-state index is 11.8. The first kappa shape index (κ1) is 14.6. The molecule has 0 aliphatic carbocycles. The van der Waals surface area contributed by atoms with Crippen molar-refractivity contribution in [2.45, 2.75) is 25.3 Å². The Morgan fingerprint density at radius 3 is 2.53 bits per heavy atom. The SMILES string of the molecule is CCNCc1cc(C)c(Br)c(S(=O)(=O)NC)c1. The van der Waals surface area contributed by atoms with Gasteiger partial charge in [-0.05, 0) is 53.6 Å². The number of hydrogen-bond donors (Lipinski definition) is 2. The molecule has 4 nitrogen and oxygen atoms in total. The topological polar surface area (TPSA) is 58.2 Å². The van der Waals surface area contributed by atoms with Crippen molar-refractivity contribution in [2.24, 2.45) is 0 Å². The minimum absolute atomic E-state index is 0.285. The third-order valence-electron chi connectivity index (χ3n) is 2.42. The summed E-state index contributed by atoms with van der Waals surface area (Å²) in [5.41, 5.74) is 1.87. The lowest BCUT2D eigenvalue weighted by atomic mass is 10.1. The van der Waals surface area contributed by atoms with E-state index in [4.69, 9.17) is 0 Å². The molecule has 1 aromatic carbocycles. The molecule has 0 saturated heterocycles. The highest BCUT2D eigenvalue weighted by atomic mass is 79.9. The Morgan fingerprint density at radius 1 is 1.35 bits per heavy atom. The highest BCUT2D eigenvalue weighted by Gasteiger charge is 2.17. The lowest BCUT2D eigenvalue weighted by Gasteiger charge is -2.11. The molecule has 0 heterocycles. The van der Waals surface area contributed by atoms with Crippen molar-refractivity contribution in [1.29, 1.82) is 0 Å². The summed E-state index contributed by atoms with van der Waals surface area (Å²) in [6.07, 6.45) is 0. The van der Waals surface area contributed by atoms with Crippen LogP contribution in [0.1, 0.15) is 18.1 Å². The molecule has 0 atom stereocenters. The van der Waals surface area contributed by atoms with Gasteiger partial charge in [0.15, 0.2) is 0 Å². The van der Waals surface area contributed by atoms with E-state index >= 15 is 0 Å². The number of sulfonamides is 1. The van der Waals surface area contributed by atoms with E-state index in [1.807, 2.05) is 19.9 Å². The van der Waals surface area contributed by atoms with Gasteiger partial charge in [-0.25, -0.2) is 13.1 Å². The van der Waals surface area contributed by atoms with E-state index < -0.39 is 10.0 Å². The second-order valence-corrected chi connectivity index (χ2v) is 6.36. The van der Waals surface area contributed by atoms with Crippen LogP contribution in [0.15, 0.2) is 21.5 Å². The predicted octanol–water partition coefficient (Wildman–Crippen LogP) is 1.78. The van der Waals surface area contributed by atoms with Crippen LogP contribution in [0.5, 0.6) is 0 Å². The molecule has 17 heavy (non-hydrogen) atoms. The molecule has 0 bridgehead atoms. The second kappa shape index (κ2) is 5.95. The highest BCUT2D eigenvalue weighted by Crippen LogP contribution is 2.27. The Labute approximate surface area is 111 Å². The molecule has 0 unspecified atom stereocenters. The average molecular weight is 321 g/mol. The first-order chi connectivity index (χ1) is 7.92. The predicted molar refractivity (Wildman–Crippen MR) is 72.5 cm³/mol. The Bertz CT molecular complexity index is 500. The normalized spacial score (nSPS) is 11.8. The van der Waals surface area contributed by atoms with E-state index in [1.54, 1.807) is 6.07 Å². The largest absolute Gasteiger partial charge is 0.313 e. The van der Waals surface area contributed by atoms with Crippen molar-refractivity contribution >= 4 is 26.0 Å². The van der Waals surface area contributed by atoms with E-state index in [1.165, 1.54) is 7.05 Å². The number of benzene rings is 1. The van der Waals surface area contributed by atoms with Crippen molar-refractivity contribution in [1.82, 2.24) is 10.0 Å². The summed E-state index contributed by atoms with van der Waals surface area (Å²) in [4.78, 5) is 0.285. The van der Waals surface area contributed by atoms with Crippen molar-refractivity contribution in [2.75, 3.05) is 13.6 Å². The quantitative estimate of drug-likeness (QED) is 0.869. The summed E-state index contributed by atoms with van der Waals surface area (Å²) >= 11 is 3.32. The van der Waals surface area contributed by atoms with Crippen LogP contribution in [0.4, 0.5) is 0 Å². The first-order valence-corrected chi connectivity index (χ1v) is 7.63. The molecular weight excluding hydrogens is 304 g/mol. The van der Waals surface area contributed by atoms with E-state index in [2.05, 4.69) is 26.0 Å². The second-order valence-electron chi connectivity index (χ2n) is 3.71. The lowest BCUT2D eigenvalue weighted by molar-refractivity contribution is 0.587. The van der Waals surface area contributed by atoms with Crippen LogP contribution in [0.2, 0.25) is 0 Å². The highest BCUT2D eigenvalue weighted by molar-refractivity contribution is 9.10. The molecule has 0 saturated carbocycles. The third-order valence-corrected chi connectivity index (χ3v) is 5.17. The molecular formula is C11H17BrN2O2S. The molecule has 0 aliphatic heterocycles. The Hall–Kier alpha value is -0.430. The van der Waals surface area contributed by atoms with Gasteiger partial charge in [0.1, 0.15) is 0 Å². The van der Waals surface area contributed by atoms with Gasteiger partial charge in [0.25, 0.3) is 0 Å². The summed E-state index contributed by atoms with van der Waals surface area (Å²) in [5.74, 6) is 0. The monoisotopic (exact) mass is 320 g/mol.